The molecule has 26 heavy (non-hydrogen) atoms. The lowest BCUT2D eigenvalue weighted by Crippen LogP contribution is -2.54. The molecule has 2 N–H and O–H groups in total. The number of Topliss-reactive ketones (excluding diaryl/α,β-unsaturated/α-hetero) is 1. The average molecular weight is 358 g/mol. The van der Waals surface area contributed by atoms with Crippen LogP contribution in [0, 0.1) is 11.3 Å². The second-order valence-electron chi connectivity index (χ2n) is 6.50. The van der Waals surface area contributed by atoms with Gasteiger partial charge in [0.1, 0.15) is 6.29 Å². The van der Waals surface area contributed by atoms with E-state index in [9.17, 15) is 19.5 Å². The second kappa shape index (κ2) is 8.21. The van der Waals surface area contributed by atoms with Gasteiger partial charge in [-0.1, -0.05) is 12.1 Å². The van der Waals surface area contributed by atoms with Gasteiger partial charge in [0.15, 0.2) is 5.78 Å². The Bertz CT molecular complexity index is 716. The summed E-state index contributed by atoms with van der Waals surface area (Å²) < 4.78 is 6.06. The Kier molecular flexibility index (Phi) is 6.24. The number of carbonyl (C=O) groups excluding carboxylic acids is 2. The van der Waals surface area contributed by atoms with E-state index in [2.05, 4.69) is 5.32 Å². The molecule has 0 saturated carbocycles. The van der Waals surface area contributed by atoms with Crippen LogP contribution in [0.5, 0.6) is 0 Å². The summed E-state index contributed by atoms with van der Waals surface area (Å²) >= 11 is 0. The zero-order valence-electron chi connectivity index (χ0n) is 14.7. The van der Waals surface area contributed by atoms with E-state index in [1.807, 2.05) is 6.07 Å². The molecule has 1 aromatic carbocycles. The number of benzene rings is 1. The van der Waals surface area contributed by atoms with Gasteiger partial charge in [-0.15, -0.1) is 0 Å². The van der Waals surface area contributed by atoms with Crippen molar-refractivity contribution in [3.63, 3.8) is 0 Å². The van der Waals surface area contributed by atoms with Crippen molar-refractivity contribution in [1.29, 1.82) is 5.26 Å². The van der Waals surface area contributed by atoms with E-state index < -0.39 is 23.0 Å². The summed E-state index contributed by atoms with van der Waals surface area (Å²) in [6, 6.07) is 8.81. The Hall–Kier alpha value is -2.56. The van der Waals surface area contributed by atoms with Crippen LogP contribution in [0.25, 0.3) is 0 Å². The fourth-order valence-corrected chi connectivity index (χ4v) is 3.17. The van der Waals surface area contributed by atoms with Gasteiger partial charge >= 0.3 is 5.97 Å². The van der Waals surface area contributed by atoms with Crippen molar-refractivity contribution in [2.45, 2.75) is 43.8 Å². The summed E-state index contributed by atoms with van der Waals surface area (Å²) in [4.78, 5) is 34.9. The summed E-state index contributed by atoms with van der Waals surface area (Å²) in [5, 5.41) is 21.9. The lowest BCUT2D eigenvalue weighted by atomic mass is 9.82. The van der Waals surface area contributed by atoms with E-state index in [1.54, 1.807) is 24.3 Å². The van der Waals surface area contributed by atoms with Crippen molar-refractivity contribution in [3.05, 3.63) is 35.4 Å². The number of ketones is 1. The fourth-order valence-electron chi connectivity index (χ4n) is 3.17. The third kappa shape index (κ3) is 3.98. The Labute approximate surface area is 152 Å². The number of nitrogens with one attached hydrogen (secondary N) is 1. The van der Waals surface area contributed by atoms with E-state index >= 15 is 0 Å². The number of carboxylic acids is 1. The summed E-state index contributed by atoms with van der Waals surface area (Å²) in [7, 11) is 0. The summed E-state index contributed by atoms with van der Waals surface area (Å²) in [5.74, 6) is -2.01. The predicted molar refractivity (Wildman–Crippen MR) is 92.4 cm³/mol. The first kappa shape index (κ1) is 19.8. The molecule has 0 bridgehead atoms. The Balaban J connectivity index is 2.41. The number of hydrogen-bond acceptors (Lipinski definition) is 6. The molecular weight excluding hydrogens is 336 g/mol. The molecule has 1 aromatic rings. The Morgan fingerprint density at radius 1 is 1.35 bits per heavy atom. The minimum Gasteiger partial charge on any atom is -0.479 e. The van der Waals surface area contributed by atoms with Gasteiger partial charge in [0.05, 0.1) is 17.2 Å². The van der Waals surface area contributed by atoms with E-state index in [-0.39, 0.29) is 12.8 Å². The van der Waals surface area contributed by atoms with Crippen molar-refractivity contribution < 1.29 is 24.2 Å². The zero-order chi connectivity index (χ0) is 19.2. The van der Waals surface area contributed by atoms with E-state index in [0.717, 1.165) is 5.56 Å². The SMILES string of the molecule is CC(OC1(c2ccc(C#N)cc2)CCNCC1)(C(=O)O)C(=O)CCC=O. The summed E-state index contributed by atoms with van der Waals surface area (Å²) in [5.41, 5.74) is -1.79. The number of nitriles is 1. The number of ether oxygens (including phenoxy) is 1. The molecule has 1 aliphatic heterocycles. The number of nitrogens with zero attached hydrogens (tertiary/aromatic N) is 1. The van der Waals surface area contributed by atoms with E-state index in [4.69, 9.17) is 10.00 Å². The first-order valence-corrected chi connectivity index (χ1v) is 8.50. The summed E-state index contributed by atoms with van der Waals surface area (Å²) in [6.45, 7) is 2.46. The van der Waals surface area contributed by atoms with Crippen LogP contribution in [0.15, 0.2) is 24.3 Å². The number of aliphatic carboxylic acids is 1. The first-order valence-electron chi connectivity index (χ1n) is 8.50. The molecule has 0 spiro atoms. The Morgan fingerprint density at radius 3 is 2.46 bits per heavy atom. The molecule has 0 radical (unpaired) electrons. The highest BCUT2D eigenvalue weighted by Gasteiger charge is 2.49. The zero-order valence-corrected chi connectivity index (χ0v) is 14.7. The number of hydrogen-bond donors (Lipinski definition) is 2. The van der Waals surface area contributed by atoms with Crippen molar-refractivity contribution in [2.24, 2.45) is 0 Å². The van der Waals surface area contributed by atoms with Gasteiger partial charge in [-0.25, -0.2) is 4.79 Å². The maximum atomic E-state index is 12.5. The third-order valence-electron chi connectivity index (χ3n) is 4.78. The topological polar surface area (TPSA) is 116 Å². The van der Waals surface area contributed by atoms with Gasteiger partial charge < -0.3 is 20.0 Å². The molecule has 0 aliphatic carbocycles. The largest absolute Gasteiger partial charge is 0.479 e. The fraction of sp³-hybridized carbons (Fsp3) is 0.474. The lowest BCUT2D eigenvalue weighted by molar-refractivity contribution is -0.199. The molecule has 1 atom stereocenters. The van der Waals surface area contributed by atoms with Crippen LogP contribution in [0.4, 0.5) is 0 Å². The minimum atomic E-state index is -2.05. The Morgan fingerprint density at radius 2 is 1.96 bits per heavy atom. The highest BCUT2D eigenvalue weighted by molar-refractivity contribution is 6.06. The molecule has 2 rings (SSSR count). The van der Waals surface area contributed by atoms with Gasteiger partial charge in [0.25, 0.3) is 0 Å². The van der Waals surface area contributed by atoms with Crippen LogP contribution in [0.1, 0.15) is 43.7 Å². The van der Waals surface area contributed by atoms with Crippen molar-refractivity contribution in [1.82, 2.24) is 5.32 Å². The van der Waals surface area contributed by atoms with E-state index in [0.29, 0.717) is 37.8 Å². The highest BCUT2D eigenvalue weighted by Crippen LogP contribution is 2.39. The normalized spacial score (nSPS) is 18.3. The molecule has 1 fully saturated rings. The second-order valence-corrected chi connectivity index (χ2v) is 6.50. The quantitative estimate of drug-likeness (QED) is 0.535. The predicted octanol–water partition coefficient (Wildman–Crippen LogP) is 1.55. The van der Waals surface area contributed by atoms with Crippen molar-refractivity contribution in [2.75, 3.05) is 13.1 Å². The maximum Gasteiger partial charge on any atom is 0.343 e. The van der Waals surface area contributed by atoms with Crippen LogP contribution in [0.2, 0.25) is 0 Å². The molecule has 7 heteroatoms. The van der Waals surface area contributed by atoms with Crippen molar-refractivity contribution in [3.8, 4) is 6.07 Å². The molecular formula is C19H22N2O5. The molecule has 1 heterocycles. The van der Waals surface area contributed by atoms with Gasteiger partial charge in [-0.2, -0.15) is 5.26 Å². The molecule has 1 saturated heterocycles. The van der Waals surface area contributed by atoms with Gasteiger partial charge in [0.2, 0.25) is 5.60 Å². The van der Waals surface area contributed by atoms with Crippen LogP contribution < -0.4 is 5.32 Å². The highest BCUT2D eigenvalue weighted by atomic mass is 16.6. The molecule has 1 unspecified atom stereocenters. The van der Waals surface area contributed by atoms with Crippen molar-refractivity contribution >= 4 is 18.0 Å². The number of carboxylic acid groups (broad SMARTS) is 1. The van der Waals surface area contributed by atoms with Gasteiger partial charge in [-0.05, 0) is 50.6 Å². The molecule has 138 valence electrons. The van der Waals surface area contributed by atoms with Crippen LogP contribution in [-0.2, 0) is 24.7 Å². The van der Waals surface area contributed by atoms with Crippen LogP contribution >= 0.6 is 0 Å². The molecule has 1 aliphatic rings. The number of rotatable bonds is 8. The van der Waals surface area contributed by atoms with E-state index in [1.165, 1.54) is 6.92 Å². The first-order chi connectivity index (χ1) is 12.4. The lowest BCUT2D eigenvalue weighted by Gasteiger charge is -2.42. The maximum absolute atomic E-state index is 12.5. The van der Waals surface area contributed by atoms with Crippen LogP contribution in [-0.4, -0.2) is 41.8 Å². The smallest absolute Gasteiger partial charge is 0.343 e. The average Bonchev–Trinajstić information content (AvgIpc) is 2.66. The third-order valence-corrected chi connectivity index (χ3v) is 4.78. The number of piperidine rings is 1. The van der Waals surface area contributed by atoms with Gasteiger partial charge in [0, 0.05) is 12.8 Å². The van der Waals surface area contributed by atoms with Gasteiger partial charge in [-0.3, -0.25) is 4.79 Å². The molecule has 7 nitrogen and oxygen atoms in total. The standard InChI is InChI=1S/C19H22N2O5/c1-18(17(24)25,16(23)3-2-12-22)26-19(8-10-21-11-9-19)15-6-4-14(13-20)5-7-15/h4-7,12,21H,2-3,8-11H2,1H3,(H,24,25). The summed E-state index contributed by atoms with van der Waals surface area (Å²) in [6.07, 6.45) is 1.33. The molecule has 0 amide bonds. The number of carbonyl (C=O) groups is 3. The monoisotopic (exact) mass is 358 g/mol. The number of aldehydes is 1. The minimum absolute atomic E-state index is 0.0452. The molecule has 0 aromatic heterocycles. The van der Waals surface area contributed by atoms with Crippen LogP contribution in [0.3, 0.4) is 0 Å².